The number of benzene rings is 1. The second kappa shape index (κ2) is 7.96. The first-order valence-corrected chi connectivity index (χ1v) is 11.4. The number of rotatable bonds is 7. The number of hydrogen-bond donors (Lipinski definition) is 2. The molecule has 1 aliphatic heterocycles. The Kier molecular flexibility index (Phi) is 5.83. The maximum absolute atomic E-state index is 11.6. The number of hydrogen-bond acceptors (Lipinski definition) is 5. The Hall–Kier alpha value is -1.96. The number of sulfone groups is 1. The monoisotopic (exact) mass is 394 g/mol. The fourth-order valence-electron chi connectivity index (χ4n) is 3.75. The van der Waals surface area contributed by atoms with E-state index in [1.54, 1.807) is 14.2 Å². The van der Waals surface area contributed by atoms with Crippen LogP contribution >= 0.6 is 0 Å². The van der Waals surface area contributed by atoms with Crippen molar-refractivity contribution < 1.29 is 13.2 Å². The Balaban J connectivity index is 1.53. The van der Waals surface area contributed by atoms with E-state index in [1.807, 2.05) is 18.2 Å². The molecule has 150 valence electrons. The van der Waals surface area contributed by atoms with Crippen molar-refractivity contribution >= 4 is 21.5 Å². The molecule has 2 fully saturated rings. The minimum atomic E-state index is -2.96. The van der Waals surface area contributed by atoms with Gasteiger partial charge in [0.25, 0.3) is 0 Å². The number of para-hydroxylation sites is 2. The van der Waals surface area contributed by atoms with Gasteiger partial charge in [-0.25, -0.2) is 8.42 Å². The highest BCUT2D eigenvalue weighted by atomic mass is 32.2. The van der Waals surface area contributed by atoms with Crippen molar-refractivity contribution in [2.24, 2.45) is 10.4 Å². The summed E-state index contributed by atoms with van der Waals surface area (Å²) < 4.78 is 28.7. The van der Waals surface area contributed by atoms with Crippen molar-refractivity contribution in [1.29, 1.82) is 0 Å². The van der Waals surface area contributed by atoms with Gasteiger partial charge in [-0.3, -0.25) is 4.99 Å². The van der Waals surface area contributed by atoms with Crippen molar-refractivity contribution in [1.82, 2.24) is 10.6 Å². The van der Waals surface area contributed by atoms with E-state index in [-0.39, 0.29) is 17.2 Å². The van der Waals surface area contributed by atoms with Gasteiger partial charge in [0.1, 0.15) is 15.6 Å². The van der Waals surface area contributed by atoms with Crippen molar-refractivity contribution in [3.63, 3.8) is 0 Å². The lowest BCUT2D eigenvalue weighted by Crippen LogP contribution is -2.46. The normalized spacial score (nSPS) is 21.8. The number of aliphatic imine (C=N–C) groups is 1. The fraction of sp³-hybridized carbons (Fsp3) is 0.632. The van der Waals surface area contributed by atoms with Gasteiger partial charge in [0.2, 0.25) is 0 Å². The van der Waals surface area contributed by atoms with Crippen LogP contribution in [0.15, 0.2) is 29.3 Å². The summed E-state index contributed by atoms with van der Waals surface area (Å²) in [5.74, 6) is 1.87. The van der Waals surface area contributed by atoms with Gasteiger partial charge in [-0.15, -0.1) is 0 Å². The van der Waals surface area contributed by atoms with E-state index in [0.29, 0.717) is 6.54 Å². The van der Waals surface area contributed by atoms with E-state index >= 15 is 0 Å². The molecule has 1 heterocycles. The molecule has 27 heavy (non-hydrogen) atoms. The molecule has 0 bridgehead atoms. The van der Waals surface area contributed by atoms with E-state index < -0.39 is 9.84 Å². The van der Waals surface area contributed by atoms with Crippen molar-refractivity contribution in [3.05, 3.63) is 24.3 Å². The molecule has 1 saturated carbocycles. The highest BCUT2D eigenvalue weighted by Crippen LogP contribution is 2.46. The zero-order valence-electron chi connectivity index (χ0n) is 16.4. The number of nitrogens with zero attached hydrogens (tertiary/aromatic N) is 2. The molecule has 0 aromatic heterocycles. The zero-order valence-corrected chi connectivity index (χ0v) is 17.2. The van der Waals surface area contributed by atoms with Crippen molar-refractivity contribution in [2.75, 3.05) is 50.7 Å². The molecule has 1 saturated heterocycles. The van der Waals surface area contributed by atoms with Crippen LogP contribution in [-0.4, -0.2) is 66.2 Å². The molecule has 7 nitrogen and oxygen atoms in total. The van der Waals surface area contributed by atoms with Gasteiger partial charge in [0, 0.05) is 44.4 Å². The summed E-state index contributed by atoms with van der Waals surface area (Å²) >= 11 is 0. The lowest BCUT2D eigenvalue weighted by atomic mass is 10.1. The molecule has 1 atom stereocenters. The molecular formula is C19H30N4O3S. The van der Waals surface area contributed by atoms with Gasteiger partial charge in [0.15, 0.2) is 5.96 Å². The summed E-state index contributed by atoms with van der Waals surface area (Å²) in [7, 11) is 0.484. The van der Waals surface area contributed by atoms with Gasteiger partial charge in [-0.2, -0.15) is 0 Å². The van der Waals surface area contributed by atoms with Crippen LogP contribution in [0.5, 0.6) is 5.75 Å². The Morgan fingerprint density at radius 3 is 2.74 bits per heavy atom. The van der Waals surface area contributed by atoms with E-state index in [4.69, 9.17) is 4.74 Å². The molecule has 0 amide bonds. The maximum Gasteiger partial charge on any atom is 0.191 e. The molecule has 1 aromatic rings. The lowest BCUT2D eigenvalue weighted by molar-refractivity contribution is 0.415. The summed E-state index contributed by atoms with van der Waals surface area (Å²) in [6, 6.07) is 8.34. The average molecular weight is 395 g/mol. The minimum Gasteiger partial charge on any atom is -0.495 e. The second-order valence-corrected chi connectivity index (χ2v) is 9.88. The fourth-order valence-corrected chi connectivity index (χ4v) is 5.26. The summed E-state index contributed by atoms with van der Waals surface area (Å²) in [5.41, 5.74) is 0.988. The first-order chi connectivity index (χ1) is 12.8. The maximum atomic E-state index is 11.6. The molecule has 1 aromatic carbocycles. The second-order valence-electron chi connectivity index (χ2n) is 7.74. The molecule has 1 aliphatic carbocycles. The number of ether oxygens (including phenoxy) is 1. The summed E-state index contributed by atoms with van der Waals surface area (Å²) in [6.07, 6.45) is 4.22. The lowest BCUT2D eigenvalue weighted by Gasteiger charge is -2.23. The Morgan fingerprint density at radius 1 is 1.37 bits per heavy atom. The van der Waals surface area contributed by atoms with Crippen LogP contribution in [0.4, 0.5) is 5.69 Å². The van der Waals surface area contributed by atoms with Crippen molar-refractivity contribution in [2.45, 2.75) is 25.3 Å². The third-order valence-electron chi connectivity index (χ3n) is 5.33. The molecule has 8 heteroatoms. The largest absolute Gasteiger partial charge is 0.495 e. The van der Waals surface area contributed by atoms with Crippen LogP contribution in [-0.2, 0) is 9.84 Å². The van der Waals surface area contributed by atoms with Crippen LogP contribution in [0.2, 0.25) is 0 Å². The highest BCUT2D eigenvalue weighted by Gasteiger charge is 2.45. The first kappa shape index (κ1) is 19.8. The van der Waals surface area contributed by atoms with Gasteiger partial charge in [-0.1, -0.05) is 12.1 Å². The van der Waals surface area contributed by atoms with E-state index in [9.17, 15) is 8.42 Å². The number of methoxy groups -OCH3 is 1. The van der Waals surface area contributed by atoms with Gasteiger partial charge < -0.3 is 20.3 Å². The Bertz CT molecular complexity index is 790. The van der Waals surface area contributed by atoms with Crippen LogP contribution in [0.25, 0.3) is 0 Å². The average Bonchev–Trinajstić information content (AvgIpc) is 3.22. The molecule has 0 spiro atoms. The van der Waals surface area contributed by atoms with Crippen LogP contribution in [0.1, 0.15) is 19.3 Å². The molecule has 1 unspecified atom stereocenters. The van der Waals surface area contributed by atoms with Crippen LogP contribution < -0.4 is 20.3 Å². The molecule has 2 N–H and O–H groups in total. The number of anilines is 1. The van der Waals surface area contributed by atoms with Crippen molar-refractivity contribution in [3.8, 4) is 5.75 Å². The summed E-state index contributed by atoms with van der Waals surface area (Å²) in [5, 5.41) is 6.80. The highest BCUT2D eigenvalue weighted by molar-refractivity contribution is 7.90. The Morgan fingerprint density at radius 2 is 2.11 bits per heavy atom. The topological polar surface area (TPSA) is 83.0 Å². The smallest absolute Gasteiger partial charge is 0.191 e. The summed E-state index contributed by atoms with van der Waals surface area (Å²) in [4.78, 5) is 6.63. The van der Waals surface area contributed by atoms with Gasteiger partial charge in [-0.05, 0) is 31.4 Å². The molecule has 3 rings (SSSR count). The third-order valence-corrected chi connectivity index (χ3v) is 6.47. The van der Waals surface area contributed by atoms with Crippen LogP contribution in [0.3, 0.4) is 0 Å². The summed E-state index contributed by atoms with van der Waals surface area (Å²) in [6.45, 7) is 2.46. The number of guanidine groups is 1. The molecule has 2 aliphatic rings. The minimum absolute atomic E-state index is 0.121. The predicted molar refractivity (Wildman–Crippen MR) is 109 cm³/mol. The van der Waals surface area contributed by atoms with E-state index in [1.165, 1.54) is 6.26 Å². The van der Waals surface area contributed by atoms with E-state index in [2.05, 4.69) is 26.6 Å². The van der Waals surface area contributed by atoms with Gasteiger partial charge >= 0.3 is 0 Å². The standard InChI is InChI=1S/C19H30N4O3S/c1-20-18(21-13-19(9-10-19)14-27(3,24)25)22-15-8-11-23(12-15)16-6-4-5-7-17(16)26-2/h4-7,15H,8-14H2,1-3H3,(H2,20,21,22). The zero-order chi connectivity index (χ0) is 19.5. The van der Waals surface area contributed by atoms with Gasteiger partial charge in [0.05, 0.1) is 18.6 Å². The SMILES string of the molecule is CN=C(NCC1(CS(C)(=O)=O)CC1)NC1CCN(c2ccccc2OC)C1. The Labute approximate surface area is 162 Å². The molecular weight excluding hydrogens is 364 g/mol. The third kappa shape index (κ3) is 5.28. The molecule has 0 radical (unpaired) electrons. The number of nitrogens with one attached hydrogen (secondary N) is 2. The first-order valence-electron chi connectivity index (χ1n) is 9.37. The van der Waals surface area contributed by atoms with Crippen LogP contribution in [0, 0.1) is 5.41 Å². The quantitative estimate of drug-likeness (QED) is 0.535. The predicted octanol–water partition coefficient (Wildman–Crippen LogP) is 1.26. The van der Waals surface area contributed by atoms with E-state index in [0.717, 1.165) is 49.7 Å².